The summed E-state index contributed by atoms with van der Waals surface area (Å²) in [7, 11) is 2.03. The van der Waals surface area contributed by atoms with Crippen molar-refractivity contribution in [2.24, 2.45) is 0 Å². The maximum atomic E-state index is 4.24. The molecular formula is C10H15Br2N3. The van der Waals surface area contributed by atoms with Crippen molar-refractivity contribution in [3.8, 4) is 0 Å². The first-order chi connectivity index (χ1) is 7.24. The van der Waals surface area contributed by atoms with E-state index in [1.807, 2.05) is 7.05 Å². The first kappa shape index (κ1) is 12.9. The smallest absolute Gasteiger partial charge is 0.225 e. The van der Waals surface area contributed by atoms with E-state index in [9.17, 15) is 0 Å². The quantitative estimate of drug-likeness (QED) is 0.590. The average molecular weight is 337 g/mol. The molecule has 0 radical (unpaired) electrons. The molecule has 1 rings (SSSR count). The Bertz CT molecular complexity index is 277. The van der Waals surface area contributed by atoms with Crippen LogP contribution in [-0.2, 0) is 0 Å². The van der Waals surface area contributed by atoms with Gasteiger partial charge in [0.05, 0.1) is 4.47 Å². The summed E-state index contributed by atoms with van der Waals surface area (Å²) in [4.78, 5) is 10.6. The number of hydrogen-bond acceptors (Lipinski definition) is 3. The molecule has 84 valence electrons. The monoisotopic (exact) mass is 335 g/mol. The van der Waals surface area contributed by atoms with Gasteiger partial charge in [-0.1, -0.05) is 22.4 Å². The molecule has 0 fully saturated rings. The molecular weight excluding hydrogens is 322 g/mol. The fraction of sp³-hybridized carbons (Fsp3) is 0.600. The minimum absolute atomic E-state index is 0.789. The first-order valence-corrected chi connectivity index (χ1v) is 6.90. The van der Waals surface area contributed by atoms with E-state index in [1.165, 1.54) is 19.3 Å². The molecule has 0 aromatic carbocycles. The maximum absolute atomic E-state index is 4.24. The summed E-state index contributed by atoms with van der Waals surface area (Å²) in [6.07, 6.45) is 7.21. The van der Waals surface area contributed by atoms with Gasteiger partial charge >= 0.3 is 0 Å². The van der Waals surface area contributed by atoms with E-state index < -0.39 is 0 Å². The number of nitrogens with zero attached hydrogens (tertiary/aromatic N) is 3. The predicted molar refractivity (Wildman–Crippen MR) is 70.6 cm³/mol. The van der Waals surface area contributed by atoms with E-state index in [0.717, 1.165) is 22.3 Å². The third kappa shape index (κ3) is 4.93. The van der Waals surface area contributed by atoms with Crippen molar-refractivity contribution in [3.05, 3.63) is 16.9 Å². The second kappa shape index (κ2) is 7.17. The van der Waals surface area contributed by atoms with Gasteiger partial charge in [-0.05, 0) is 28.8 Å². The van der Waals surface area contributed by atoms with E-state index in [0.29, 0.717) is 0 Å². The second-order valence-corrected chi connectivity index (χ2v) is 5.08. The van der Waals surface area contributed by atoms with Crippen LogP contribution < -0.4 is 4.90 Å². The molecule has 3 nitrogen and oxygen atoms in total. The van der Waals surface area contributed by atoms with E-state index in [-0.39, 0.29) is 0 Å². The minimum atomic E-state index is 0.789. The van der Waals surface area contributed by atoms with Crippen LogP contribution in [0.5, 0.6) is 0 Å². The summed E-state index contributed by atoms with van der Waals surface area (Å²) < 4.78 is 0.916. The summed E-state index contributed by atoms with van der Waals surface area (Å²) in [6.45, 7) is 1.01. The van der Waals surface area contributed by atoms with Crippen LogP contribution in [0, 0.1) is 0 Å². The van der Waals surface area contributed by atoms with E-state index in [2.05, 4.69) is 46.7 Å². The van der Waals surface area contributed by atoms with Crippen molar-refractivity contribution in [2.75, 3.05) is 23.8 Å². The molecule has 0 unspecified atom stereocenters. The standard InChI is InChI=1S/C10H15Br2N3/c1-15(6-4-2-3-5-11)10-13-7-9(12)8-14-10/h7-8H,2-6H2,1H3. The van der Waals surface area contributed by atoms with Gasteiger partial charge < -0.3 is 4.90 Å². The van der Waals surface area contributed by atoms with Crippen LogP contribution in [-0.4, -0.2) is 28.9 Å². The third-order valence-electron chi connectivity index (χ3n) is 2.08. The molecule has 1 heterocycles. The summed E-state index contributed by atoms with van der Waals surface area (Å²) in [6, 6.07) is 0. The Hall–Kier alpha value is -0.160. The zero-order chi connectivity index (χ0) is 11.1. The van der Waals surface area contributed by atoms with Gasteiger partial charge in [-0.2, -0.15) is 0 Å². The van der Waals surface area contributed by atoms with Crippen molar-refractivity contribution in [1.82, 2.24) is 9.97 Å². The Balaban J connectivity index is 2.33. The lowest BCUT2D eigenvalue weighted by atomic mass is 10.2. The summed E-state index contributed by atoms with van der Waals surface area (Å²) in [5, 5.41) is 1.09. The number of aromatic nitrogens is 2. The van der Waals surface area contributed by atoms with Gasteiger partial charge in [-0.25, -0.2) is 9.97 Å². The van der Waals surface area contributed by atoms with Crippen LogP contribution in [0.1, 0.15) is 19.3 Å². The van der Waals surface area contributed by atoms with E-state index in [4.69, 9.17) is 0 Å². The van der Waals surface area contributed by atoms with Crippen molar-refractivity contribution in [2.45, 2.75) is 19.3 Å². The van der Waals surface area contributed by atoms with E-state index >= 15 is 0 Å². The lowest BCUT2D eigenvalue weighted by molar-refractivity contribution is 0.701. The minimum Gasteiger partial charge on any atom is -0.344 e. The Kier molecular flexibility index (Phi) is 6.17. The average Bonchev–Trinajstić information content (AvgIpc) is 2.25. The maximum Gasteiger partial charge on any atom is 0.225 e. The number of hydrogen-bond donors (Lipinski definition) is 0. The van der Waals surface area contributed by atoms with E-state index in [1.54, 1.807) is 12.4 Å². The van der Waals surface area contributed by atoms with Gasteiger partial charge in [-0.15, -0.1) is 0 Å². The number of anilines is 1. The molecule has 0 aliphatic rings. The van der Waals surface area contributed by atoms with Crippen molar-refractivity contribution >= 4 is 37.8 Å². The van der Waals surface area contributed by atoms with Gasteiger partial charge in [0, 0.05) is 31.3 Å². The molecule has 0 aliphatic carbocycles. The molecule has 1 aromatic heterocycles. The van der Waals surface area contributed by atoms with Crippen LogP contribution in [0.2, 0.25) is 0 Å². The van der Waals surface area contributed by atoms with Crippen molar-refractivity contribution in [3.63, 3.8) is 0 Å². The highest BCUT2D eigenvalue weighted by atomic mass is 79.9. The van der Waals surface area contributed by atoms with Gasteiger partial charge in [0.2, 0.25) is 5.95 Å². The molecule has 0 amide bonds. The molecule has 0 saturated heterocycles. The lowest BCUT2D eigenvalue weighted by Crippen LogP contribution is -2.20. The Morgan fingerprint density at radius 2 is 1.87 bits per heavy atom. The molecule has 0 spiro atoms. The van der Waals surface area contributed by atoms with Crippen LogP contribution in [0.25, 0.3) is 0 Å². The second-order valence-electron chi connectivity index (χ2n) is 3.37. The fourth-order valence-corrected chi connectivity index (χ4v) is 1.82. The Morgan fingerprint density at radius 1 is 1.20 bits per heavy atom. The van der Waals surface area contributed by atoms with Gasteiger partial charge in [0.1, 0.15) is 0 Å². The Labute approximate surface area is 108 Å². The van der Waals surface area contributed by atoms with Crippen molar-refractivity contribution < 1.29 is 0 Å². The largest absolute Gasteiger partial charge is 0.344 e. The lowest BCUT2D eigenvalue weighted by Gasteiger charge is -2.16. The van der Waals surface area contributed by atoms with Crippen LogP contribution in [0.15, 0.2) is 16.9 Å². The molecule has 5 heteroatoms. The SMILES string of the molecule is CN(CCCCCBr)c1ncc(Br)cn1. The van der Waals surface area contributed by atoms with Crippen LogP contribution in [0.3, 0.4) is 0 Å². The summed E-state index contributed by atoms with van der Waals surface area (Å²) in [5.41, 5.74) is 0. The normalized spacial score (nSPS) is 10.3. The number of alkyl halides is 1. The highest BCUT2D eigenvalue weighted by Gasteiger charge is 2.02. The van der Waals surface area contributed by atoms with Gasteiger partial charge in [0.15, 0.2) is 0 Å². The zero-order valence-corrected chi connectivity index (χ0v) is 12.0. The molecule has 0 saturated carbocycles. The predicted octanol–water partition coefficient (Wildman–Crippen LogP) is 3.24. The topological polar surface area (TPSA) is 29.0 Å². The van der Waals surface area contributed by atoms with Crippen LogP contribution in [0.4, 0.5) is 5.95 Å². The molecule has 0 aliphatic heterocycles. The molecule has 1 aromatic rings. The summed E-state index contributed by atoms with van der Waals surface area (Å²) in [5.74, 6) is 0.789. The number of rotatable bonds is 6. The van der Waals surface area contributed by atoms with Crippen molar-refractivity contribution in [1.29, 1.82) is 0 Å². The fourth-order valence-electron chi connectivity index (χ4n) is 1.22. The molecule has 0 bridgehead atoms. The highest BCUT2D eigenvalue weighted by Crippen LogP contribution is 2.10. The molecule has 15 heavy (non-hydrogen) atoms. The van der Waals surface area contributed by atoms with Crippen LogP contribution >= 0.6 is 31.9 Å². The molecule has 0 N–H and O–H groups in total. The van der Waals surface area contributed by atoms with Gasteiger partial charge in [0.25, 0.3) is 0 Å². The number of halogens is 2. The first-order valence-electron chi connectivity index (χ1n) is 4.98. The third-order valence-corrected chi connectivity index (χ3v) is 3.05. The molecule has 0 atom stereocenters. The number of unbranched alkanes of at least 4 members (excludes halogenated alkanes) is 2. The zero-order valence-electron chi connectivity index (χ0n) is 8.79. The van der Waals surface area contributed by atoms with Gasteiger partial charge in [-0.3, -0.25) is 0 Å². The Morgan fingerprint density at radius 3 is 2.47 bits per heavy atom. The summed E-state index contributed by atoms with van der Waals surface area (Å²) >= 11 is 6.74. The highest BCUT2D eigenvalue weighted by molar-refractivity contribution is 9.10.